The van der Waals surface area contributed by atoms with Crippen molar-refractivity contribution in [3.05, 3.63) is 89.4 Å². The third-order valence-electron chi connectivity index (χ3n) is 5.31. The van der Waals surface area contributed by atoms with E-state index in [1.165, 1.54) is 9.91 Å². The van der Waals surface area contributed by atoms with Gasteiger partial charge in [0.1, 0.15) is 11.8 Å². The van der Waals surface area contributed by atoms with Crippen molar-refractivity contribution in [3.8, 4) is 5.75 Å². The van der Waals surface area contributed by atoms with Gasteiger partial charge < -0.3 is 10.1 Å². The first kappa shape index (κ1) is 24.2. The summed E-state index contributed by atoms with van der Waals surface area (Å²) in [6.45, 7) is 0. The second-order valence-electron chi connectivity index (χ2n) is 7.61. The lowest BCUT2D eigenvalue weighted by molar-refractivity contribution is -0.124. The molecule has 3 amide bonds. The standard InChI is InChI=1S/C25H21ClN4O4S/c1-34-20-13-9-18(10-14-20)27-22(31)15-21-24(33)29(19-11-7-17(26)8-12-19)25(35)30(21)28-23(32)16-5-3-2-4-6-16/h2-14,21H,15H2,1H3,(H,27,31)(H,28,32). The van der Waals surface area contributed by atoms with Gasteiger partial charge in [0.2, 0.25) is 11.0 Å². The molecule has 0 saturated carbocycles. The van der Waals surface area contributed by atoms with E-state index in [2.05, 4.69) is 10.7 Å². The fraction of sp³-hybridized carbons (Fsp3) is 0.120. The molecule has 0 radical (unpaired) electrons. The molecular weight excluding hydrogens is 488 g/mol. The highest BCUT2D eigenvalue weighted by molar-refractivity contribution is 7.80. The van der Waals surface area contributed by atoms with Crippen LogP contribution in [0.5, 0.6) is 5.75 Å². The average Bonchev–Trinajstić information content (AvgIpc) is 3.09. The summed E-state index contributed by atoms with van der Waals surface area (Å²) in [7, 11) is 1.55. The first-order valence-corrected chi connectivity index (χ1v) is 11.4. The minimum absolute atomic E-state index is 0.0452. The van der Waals surface area contributed by atoms with Gasteiger partial charge in [0.15, 0.2) is 0 Å². The number of nitrogens with zero attached hydrogens (tertiary/aromatic N) is 2. The van der Waals surface area contributed by atoms with Gasteiger partial charge in [-0.1, -0.05) is 29.8 Å². The molecule has 35 heavy (non-hydrogen) atoms. The number of anilines is 2. The zero-order chi connectivity index (χ0) is 24.9. The van der Waals surface area contributed by atoms with Crippen molar-refractivity contribution in [2.24, 2.45) is 0 Å². The molecule has 0 aliphatic carbocycles. The number of hydrogen-bond donors (Lipinski definition) is 2. The van der Waals surface area contributed by atoms with Crippen molar-refractivity contribution in [2.75, 3.05) is 17.3 Å². The minimum atomic E-state index is -1.05. The number of hydrogen-bond acceptors (Lipinski definition) is 5. The molecule has 1 atom stereocenters. The van der Waals surface area contributed by atoms with Crippen LogP contribution in [0.1, 0.15) is 16.8 Å². The molecule has 3 aromatic rings. The van der Waals surface area contributed by atoms with Crippen LogP contribution in [0.25, 0.3) is 0 Å². The predicted octanol–water partition coefficient (Wildman–Crippen LogP) is 4.02. The molecule has 178 valence electrons. The van der Waals surface area contributed by atoms with Crippen LogP contribution in [0.4, 0.5) is 11.4 Å². The maximum Gasteiger partial charge on any atom is 0.269 e. The third-order valence-corrected chi connectivity index (χ3v) is 5.94. The lowest BCUT2D eigenvalue weighted by atomic mass is 10.1. The van der Waals surface area contributed by atoms with Gasteiger partial charge in [-0.25, -0.2) is 5.01 Å². The Bertz CT molecular complexity index is 1250. The molecule has 1 unspecified atom stereocenters. The average molecular weight is 509 g/mol. The van der Waals surface area contributed by atoms with Gasteiger partial charge in [-0.15, -0.1) is 0 Å². The van der Waals surface area contributed by atoms with Gasteiger partial charge in [-0.3, -0.25) is 24.7 Å². The van der Waals surface area contributed by atoms with Crippen LogP contribution in [0.2, 0.25) is 5.02 Å². The summed E-state index contributed by atoms with van der Waals surface area (Å²) in [6, 6.07) is 20.8. The van der Waals surface area contributed by atoms with E-state index in [0.29, 0.717) is 27.7 Å². The SMILES string of the molecule is COc1ccc(NC(=O)CC2C(=O)N(c3ccc(Cl)cc3)C(=S)N2NC(=O)c2ccccc2)cc1. The van der Waals surface area contributed by atoms with Crippen molar-refractivity contribution >= 4 is 58.0 Å². The van der Waals surface area contributed by atoms with Crippen molar-refractivity contribution in [1.29, 1.82) is 0 Å². The Morgan fingerprint density at radius 3 is 2.29 bits per heavy atom. The second-order valence-corrected chi connectivity index (χ2v) is 8.41. The highest BCUT2D eigenvalue weighted by Crippen LogP contribution is 2.28. The second kappa shape index (κ2) is 10.5. The van der Waals surface area contributed by atoms with E-state index in [9.17, 15) is 14.4 Å². The lowest BCUT2D eigenvalue weighted by Crippen LogP contribution is -2.49. The Kier molecular flexibility index (Phi) is 7.28. The van der Waals surface area contributed by atoms with E-state index >= 15 is 0 Å². The molecule has 1 fully saturated rings. The highest BCUT2D eigenvalue weighted by Gasteiger charge is 2.45. The Morgan fingerprint density at radius 1 is 1.00 bits per heavy atom. The van der Waals surface area contributed by atoms with Gasteiger partial charge in [-0.2, -0.15) is 0 Å². The summed E-state index contributed by atoms with van der Waals surface area (Å²) >= 11 is 11.5. The molecule has 0 spiro atoms. The molecule has 1 aliphatic heterocycles. The minimum Gasteiger partial charge on any atom is -0.497 e. The van der Waals surface area contributed by atoms with E-state index in [1.807, 2.05) is 0 Å². The fourth-order valence-electron chi connectivity index (χ4n) is 3.55. The van der Waals surface area contributed by atoms with Crippen LogP contribution in [0.15, 0.2) is 78.9 Å². The van der Waals surface area contributed by atoms with Gasteiger partial charge in [0.05, 0.1) is 19.2 Å². The number of nitrogens with one attached hydrogen (secondary N) is 2. The number of amides is 3. The number of halogens is 1. The number of thiocarbonyl (C=S) groups is 1. The zero-order valence-corrected chi connectivity index (χ0v) is 20.2. The normalized spacial score (nSPS) is 15.2. The fourth-order valence-corrected chi connectivity index (χ4v) is 4.05. The highest BCUT2D eigenvalue weighted by atomic mass is 35.5. The number of ether oxygens (including phenoxy) is 1. The Hall–Kier alpha value is -3.95. The summed E-state index contributed by atoms with van der Waals surface area (Å²) in [5.74, 6) is -0.684. The van der Waals surface area contributed by atoms with Crippen molar-refractivity contribution in [2.45, 2.75) is 12.5 Å². The Labute approximate surface area is 212 Å². The largest absolute Gasteiger partial charge is 0.497 e. The van der Waals surface area contributed by atoms with Crippen LogP contribution in [0, 0.1) is 0 Å². The summed E-state index contributed by atoms with van der Waals surface area (Å²) in [5, 5.41) is 4.56. The number of rotatable bonds is 7. The molecule has 2 N–H and O–H groups in total. The molecule has 3 aromatic carbocycles. The Morgan fingerprint density at radius 2 is 1.66 bits per heavy atom. The van der Waals surface area contributed by atoms with E-state index in [1.54, 1.807) is 86.0 Å². The molecule has 10 heteroatoms. The predicted molar refractivity (Wildman–Crippen MR) is 137 cm³/mol. The third kappa shape index (κ3) is 5.42. The van der Waals surface area contributed by atoms with Crippen LogP contribution in [0.3, 0.4) is 0 Å². The monoisotopic (exact) mass is 508 g/mol. The number of hydrazine groups is 1. The Balaban J connectivity index is 1.57. The van der Waals surface area contributed by atoms with E-state index in [4.69, 9.17) is 28.6 Å². The molecule has 0 aromatic heterocycles. The van der Waals surface area contributed by atoms with Gasteiger partial charge in [0, 0.05) is 16.3 Å². The number of carbonyl (C=O) groups is 3. The number of carbonyl (C=O) groups excluding carboxylic acids is 3. The smallest absolute Gasteiger partial charge is 0.269 e. The summed E-state index contributed by atoms with van der Waals surface area (Å²) in [4.78, 5) is 40.4. The summed E-state index contributed by atoms with van der Waals surface area (Å²) < 4.78 is 5.12. The van der Waals surface area contributed by atoms with Crippen LogP contribution >= 0.6 is 23.8 Å². The summed E-state index contributed by atoms with van der Waals surface area (Å²) in [6.07, 6.45) is -0.246. The van der Waals surface area contributed by atoms with E-state index in [0.717, 1.165) is 0 Å². The number of benzene rings is 3. The number of methoxy groups -OCH3 is 1. The molecule has 1 heterocycles. The van der Waals surface area contributed by atoms with Crippen molar-refractivity contribution in [3.63, 3.8) is 0 Å². The lowest BCUT2D eigenvalue weighted by Gasteiger charge is -2.24. The van der Waals surface area contributed by atoms with Gasteiger partial charge >= 0.3 is 0 Å². The molecule has 0 bridgehead atoms. The maximum atomic E-state index is 13.4. The first-order chi connectivity index (χ1) is 16.9. The maximum absolute atomic E-state index is 13.4. The van der Waals surface area contributed by atoms with E-state index < -0.39 is 23.8 Å². The molecule has 8 nitrogen and oxygen atoms in total. The molecule has 1 saturated heterocycles. The first-order valence-electron chi connectivity index (χ1n) is 10.6. The molecular formula is C25H21ClN4O4S. The van der Waals surface area contributed by atoms with Crippen LogP contribution in [-0.2, 0) is 9.59 Å². The zero-order valence-electron chi connectivity index (χ0n) is 18.6. The van der Waals surface area contributed by atoms with Crippen LogP contribution in [-0.4, -0.2) is 41.0 Å². The van der Waals surface area contributed by atoms with Crippen molar-refractivity contribution in [1.82, 2.24) is 10.4 Å². The topological polar surface area (TPSA) is 91.0 Å². The molecule has 1 aliphatic rings. The van der Waals surface area contributed by atoms with Crippen molar-refractivity contribution < 1.29 is 19.1 Å². The molecule has 4 rings (SSSR count). The quantitative estimate of drug-likeness (QED) is 0.468. The van der Waals surface area contributed by atoms with Crippen LogP contribution < -0.4 is 20.4 Å². The van der Waals surface area contributed by atoms with E-state index in [-0.39, 0.29) is 11.5 Å². The van der Waals surface area contributed by atoms with Gasteiger partial charge in [0.25, 0.3) is 11.8 Å². The summed E-state index contributed by atoms with van der Waals surface area (Å²) in [5.41, 5.74) is 4.09. The van der Waals surface area contributed by atoms with Gasteiger partial charge in [-0.05, 0) is 72.9 Å².